The van der Waals surface area contributed by atoms with Gasteiger partial charge in [-0.1, -0.05) is 6.07 Å². The Hall–Kier alpha value is -3.73. The maximum Gasteiger partial charge on any atom is 0.272 e. The number of aliphatic hydroxyl groups is 1. The van der Waals surface area contributed by atoms with Crippen LogP contribution in [0, 0.1) is 5.82 Å². The van der Waals surface area contributed by atoms with Crippen LogP contribution in [0.1, 0.15) is 17.4 Å². The van der Waals surface area contributed by atoms with Gasteiger partial charge in [-0.3, -0.25) is 4.79 Å². The molecule has 10 heteroatoms. The van der Waals surface area contributed by atoms with Crippen LogP contribution >= 0.6 is 11.3 Å². The Bertz CT molecular complexity index is 1610. The molecule has 0 amide bonds. The number of benzene rings is 2. The molecule has 176 valence electrons. The van der Waals surface area contributed by atoms with E-state index >= 15 is 4.39 Å². The lowest BCUT2D eigenvalue weighted by Gasteiger charge is -2.29. The minimum Gasteiger partial charge on any atom is -0.382 e. The van der Waals surface area contributed by atoms with E-state index in [1.54, 1.807) is 17.5 Å². The maximum atomic E-state index is 15.1. The van der Waals surface area contributed by atoms with Gasteiger partial charge in [0.1, 0.15) is 23.9 Å². The van der Waals surface area contributed by atoms with Gasteiger partial charge in [0.25, 0.3) is 5.56 Å². The summed E-state index contributed by atoms with van der Waals surface area (Å²) in [7, 11) is 0. The Kier molecular flexibility index (Phi) is 5.48. The van der Waals surface area contributed by atoms with Crippen molar-refractivity contribution in [3.8, 4) is 11.3 Å². The van der Waals surface area contributed by atoms with Gasteiger partial charge in [-0.05, 0) is 47.3 Å². The molecule has 3 aromatic heterocycles. The van der Waals surface area contributed by atoms with Gasteiger partial charge in [0.2, 0.25) is 0 Å². The largest absolute Gasteiger partial charge is 0.382 e. The highest BCUT2D eigenvalue weighted by Gasteiger charge is 2.21. The van der Waals surface area contributed by atoms with E-state index in [2.05, 4.69) is 25.1 Å². The van der Waals surface area contributed by atoms with Gasteiger partial charge in [-0.15, -0.1) is 11.3 Å². The third-order valence-electron chi connectivity index (χ3n) is 6.24. The second-order valence-electron chi connectivity index (χ2n) is 8.27. The van der Waals surface area contributed by atoms with Crippen molar-refractivity contribution in [1.29, 1.82) is 0 Å². The molecule has 1 fully saturated rings. The van der Waals surface area contributed by atoms with Crippen molar-refractivity contribution in [2.75, 3.05) is 31.2 Å². The molecule has 2 N–H and O–H groups in total. The number of hydrogen-bond donors (Lipinski definition) is 2. The minimum atomic E-state index is -1.16. The average Bonchev–Trinajstić information content (AvgIpc) is 3.40. The molecule has 6 rings (SSSR count). The number of aliphatic hydroxyl groups excluding tert-OH is 1. The number of H-pyrrole nitrogens is 1. The van der Waals surface area contributed by atoms with Crippen LogP contribution in [0.3, 0.4) is 0 Å². The van der Waals surface area contributed by atoms with Crippen molar-refractivity contribution in [1.82, 2.24) is 20.2 Å². The van der Waals surface area contributed by atoms with Crippen LogP contribution < -0.4 is 10.5 Å². The SMILES string of the molecule is O=c1[nH]nc(C(O)c2ccc(F)c(-c3ncnc4cc(N5CCOCC5)ccc34)c2)c2sccc12. The first kappa shape index (κ1) is 21.8. The molecule has 0 spiro atoms. The first-order chi connectivity index (χ1) is 17.1. The van der Waals surface area contributed by atoms with Gasteiger partial charge in [-0.2, -0.15) is 5.10 Å². The van der Waals surface area contributed by atoms with E-state index in [-0.39, 0.29) is 11.1 Å². The summed E-state index contributed by atoms with van der Waals surface area (Å²) in [5, 5.41) is 20.5. The second-order valence-corrected chi connectivity index (χ2v) is 9.18. The van der Waals surface area contributed by atoms with Crippen LogP contribution in [-0.4, -0.2) is 51.6 Å². The number of thiophene rings is 1. The third kappa shape index (κ3) is 3.85. The van der Waals surface area contributed by atoms with Crippen LogP contribution in [0.15, 0.2) is 59.0 Å². The van der Waals surface area contributed by atoms with E-state index in [9.17, 15) is 9.90 Å². The second kappa shape index (κ2) is 8.81. The molecular weight excluding hydrogens is 469 g/mol. The highest BCUT2D eigenvalue weighted by molar-refractivity contribution is 7.17. The zero-order chi connectivity index (χ0) is 23.9. The first-order valence-corrected chi connectivity index (χ1v) is 12.0. The van der Waals surface area contributed by atoms with Crippen LogP contribution in [-0.2, 0) is 4.74 Å². The van der Waals surface area contributed by atoms with Crippen molar-refractivity contribution in [3.05, 3.63) is 81.6 Å². The smallest absolute Gasteiger partial charge is 0.272 e. The highest BCUT2D eigenvalue weighted by atomic mass is 32.1. The lowest BCUT2D eigenvalue weighted by molar-refractivity contribution is 0.122. The normalized spacial score (nSPS) is 15.1. The number of halogens is 1. The number of morpholine rings is 1. The molecule has 8 nitrogen and oxygen atoms in total. The number of nitrogens with zero attached hydrogens (tertiary/aromatic N) is 4. The molecule has 0 radical (unpaired) electrons. The molecule has 0 saturated carbocycles. The van der Waals surface area contributed by atoms with Gasteiger partial charge >= 0.3 is 0 Å². The van der Waals surface area contributed by atoms with E-state index in [0.29, 0.717) is 51.2 Å². The van der Waals surface area contributed by atoms with Crippen molar-refractivity contribution in [3.63, 3.8) is 0 Å². The zero-order valence-electron chi connectivity index (χ0n) is 18.4. The molecular formula is C25H20FN5O3S. The predicted octanol–water partition coefficient (Wildman–Crippen LogP) is 3.65. The van der Waals surface area contributed by atoms with Gasteiger partial charge in [0.15, 0.2) is 0 Å². The van der Waals surface area contributed by atoms with Crippen molar-refractivity contribution < 1.29 is 14.2 Å². The van der Waals surface area contributed by atoms with Crippen LogP contribution in [0.25, 0.3) is 32.2 Å². The van der Waals surface area contributed by atoms with Gasteiger partial charge < -0.3 is 14.7 Å². The van der Waals surface area contributed by atoms with E-state index in [1.165, 1.54) is 29.8 Å². The number of hydrogen-bond acceptors (Lipinski definition) is 8. The van der Waals surface area contributed by atoms with Crippen LogP contribution in [0.2, 0.25) is 0 Å². The topological polar surface area (TPSA) is 104 Å². The molecule has 0 aliphatic carbocycles. The first-order valence-electron chi connectivity index (χ1n) is 11.1. The number of anilines is 1. The summed E-state index contributed by atoms with van der Waals surface area (Å²) >= 11 is 1.32. The molecule has 4 heterocycles. The molecule has 1 unspecified atom stereocenters. The summed E-state index contributed by atoms with van der Waals surface area (Å²) < 4.78 is 21.1. The average molecular weight is 490 g/mol. The van der Waals surface area contributed by atoms with Crippen molar-refractivity contribution >= 4 is 38.0 Å². The van der Waals surface area contributed by atoms with Gasteiger partial charge in [-0.25, -0.2) is 19.5 Å². The Morgan fingerprint density at radius 1 is 1.09 bits per heavy atom. The molecule has 1 aliphatic rings. The molecule has 5 aromatic rings. The molecule has 1 saturated heterocycles. The monoisotopic (exact) mass is 489 g/mol. The van der Waals surface area contributed by atoms with Gasteiger partial charge in [0, 0.05) is 29.7 Å². The molecule has 2 aromatic carbocycles. The summed E-state index contributed by atoms with van der Waals surface area (Å²) in [6.45, 7) is 2.95. The summed E-state index contributed by atoms with van der Waals surface area (Å²) in [6, 6.07) is 11.9. The standard InChI is InChI=1S/C25H20FN5O3S/c26-19-4-1-14(23(32)22-24-17(5-10-35-24)25(33)30-29-22)11-18(19)21-16-3-2-15(12-20(16)27-13-28-21)31-6-8-34-9-7-31/h1-5,10-13,23,32H,6-9H2,(H,30,33). The molecule has 1 atom stereocenters. The van der Waals surface area contributed by atoms with Gasteiger partial charge in [0.05, 0.1) is 34.5 Å². The summed E-state index contributed by atoms with van der Waals surface area (Å²) in [4.78, 5) is 23.0. The van der Waals surface area contributed by atoms with Crippen molar-refractivity contribution in [2.45, 2.75) is 6.10 Å². The number of aromatic nitrogens is 4. The lowest BCUT2D eigenvalue weighted by atomic mass is 9.99. The highest BCUT2D eigenvalue weighted by Crippen LogP contribution is 2.34. The summed E-state index contributed by atoms with van der Waals surface area (Å²) in [5.41, 5.74) is 2.85. The van der Waals surface area contributed by atoms with E-state index in [1.807, 2.05) is 18.2 Å². The fourth-order valence-electron chi connectivity index (χ4n) is 4.42. The quantitative estimate of drug-likeness (QED) is 0.397. The predicted molar refractivity (Wildman–Crippen MR) is 132 cm³/mol. The number of ether oxygens (including phenoxy) is 1. The Morgan fingerprint density at radius 2 is 1.94 bits per heavy atom. The number of nitrogens with one attached hydrogen (secondary N) is 1. The summed E-state index contributed by atoms with van der Waals surface area (Å²) in [6.07, 6.45) is 0.260. The third-order valence-corrected chi connectivity index (χ3v) is 7.17. The summed E-state index contributed by atoms with van der Waals surface area (Å²) in [5.74, 6) is -0.464. The number of fused-ring (bicyclic) bond motifs is 2. The Morgan fingerprint density at radius 3 is 2.80 bits per heavy atom. The molecule has 0 bridgehead atoms. The Labute approximate surface area is 202 Å². The number of aromatic amines is 1. The fraction of sp³-hybridized carbons (Fsp3) is 0.200. The molecule has 1 aliphatic heterocycles. The fourth-order valence-corrected chi connectivity index (χ4v) is 5.33. The van der Waals surface area contributed by atoms with E-state index in [0.717, 1.165) is 18.8 Å². The van der Waals surface area contributed by atoms with E-state index < -0.39 is 11.9 Å². The van der Waals surface area contributed by atoms with E-state index in [4.69, 9.17) is 4.74 Å². The zero-order valence-corrected chi connectivity index (χ0v) is 19.3. The van der Waals surface area contributed by atoms with Crippen LogP contribution in [0.4, 0.5) is 10.1 Å². The lowest BCUT2D eigenvalue weighted by Crippen LogP contribution is -2.36. The van der Waals surface area contributed by atoms with Crippen LogP contribution in [0.5, 0.6) is 0 Å². The number of rotatable bonds is 4. The molecule has 35 heavy (non-hydrogen) atoms. The van der Waals surface area contributed by atoms with Crippen molar-refractivity contribution in [2.24, 2.45) is 0 Å². The Balaban J connectivity index is 1.42. The maximum absolute atomic E-state index is 15.1. The minimum absolute atomic E-state index is 0.250.